The zero-order valence-corrected chi connectivity index (χ0v) is 16.9. The SMILES string of the molecule is Cc1ccc(OCc2c(C(=O)N3CCCCC3c3ccccc3)noc2C)cc1. The van der Waals surface area contributed by atoms with Crippen LogP contribution in [0.3, 0.4) is 0 Å². The fourth-order valence-electron chi connectivity index (χ4n) is 3.85. The molecule has 1 unspecified atom stereocenters. The van der Waals surface area contributed by atoms with Gasteiger partial charge in [-0.25, -0.2) is 0 Å². The Labute approximate surface area is 171 Å². The lowest BCUT2D eigenvalue weighted by atomic mass is 9.94. The number of aryl methyl sites for hydroxylation is 2. The van der Waals surface area contributed by atoms with Crippen molar-refractivity contribution in [2.45, 2.75) is 45.8 Å². The average Bonchev–Trinajstić information content (AvgIpc) is 3.14. The number of hydrogen-bond donors (Lipinski definition) is 0. The molecule has 0 spiro atoms. The molecule has 3 aromatic rings. The number of amides is 1. The molecule has 5 nitrogen and oxygen atoms in total. The van der Waals surface area contributed by atoms with Gasteiger partial charge in [-0.3, -0.25) is 4.79 Å². The highest BCUT2D eigenvalue weighted by molar-refractivity contribution is 5.94. The van der Waals surface area contributed by atoms with Gasteiger partial charge in [0.25, 0.3) is 5.91 Å². The van der Waals surface area contributed by atoms with Crippen LogP contribution in [0.2, 0.25) is 0 Å². The minimum atomic E-state index is -0.0853. The molecular weight excluding hydrogens is 364 g/mol. The quantitative estimate of drug-likeness (QED) is 0.598. The fraction of sp³-hybridized carbons (Fsp3) is 0.333. The van der Waals surface area contributed by atoms with Crippen molar-refractivity contribution >= 4 is 5.91 Å². The molecule has 1 aliphatic heterocycles. The number of ether oxygens (including phenoxy) is 1. The van der Waals surface area contributed by atoms with Crippen LogP contribution in [-0.2, 0) is 6.61 Å². The zero-order valence-electron chi connectivity index (χ0n) is 16.9. The minimum absolute atomic E-state index is 0.0697. The molecule has 0 bridgehead atoms. The van der Waals surface area contributed by atoms with Gasteiger partial charge < -0.3 is 14.2 Å². The maximum absolute atomic E-state index is 13.4. The number of piperidine rings is 1. The molecule has 5 heteroatoms. The van der Waals surface area contributed by atoms with Gasteiger partial charge in [0.2, 0.25) is 0 Å². The van der Waals surface area contributed by atoms with Crippen LogP contribution >= 0.6 is 0 Å². The summed E-state index contributed by atoms with van der Waals surface area (Å²) >= 11 is 0. The summed E-state index contributed by atoms with van der Waals surface area (Å²) in [6, 6.07) is 18.1. The van der Waals surface area contributed by atoms with E-state index in [2.05, 4.69) is 17.3 Å². The third-order valence-corrected chi connectivity index (χ3v) is 5.54. The topological polar surface area (TPSA) is 55.6 Å². The molecule has 4 rings (SSSR count). The summed E-state index contributed by atoms with van der Waals surface area (Å²) in [5.74, 6) is 1.29. The maximum Gasteiger partial charge on any atom is 0.276 e. The number of likely N-dealkylation sites (tertiary alicyclic amines) is 1. The molecule has 1 amide bonds. The molecule has 1 fully saturated rings. The Morgan fingerprint density at radius 3 is 2.62 bits per heavy atom. The number of aromatic nitrogens is 1. The highest BCUT2D eigenvalue weighted by Crippen LogP contribution is 2.32. The number of carbonyl (C=O) groups is 1. The van der Waals surface area contributed by atoms with E-state index in [0.29, 0.717) is 17.0 Å². The first-order valence-electron chi connectivity index (χ1n) is 10.1. The average molecular weight is 390 g/mol. The molecule has 1 saturated heterocycles. The van der Waals surface area contributed by atoms with E-state index in [1.165, 1.54) is 11.1 Å². The molecule has 29 heavy (non-hydrogen) atoms. The van der Waals surface area contributed by atoms with Crippen molar-refractivity contribution in [1.29, 1.82) is 0 Å². The van der Waals surface area contributed by atoms with Crippen LogP contribution in [0.1, 0.15) is 58.2 Å². The van der Waals surface area contributed by atoms with Gasteiger partial charge in [0, 0.05) is 6.54 Å². The molecule has 1 aromatic heterocycles. The van der Waals surface area contributed by atoms with E-state index < -0.39 is 0 Å². The Hall–Kier alpha value is -3.08. The second-order valence-electron chi connectivity index (χ2n) is 7.59. The molecule has 1 atom stereocenters. The number of benzene rings is 2. The lowest BCUT2D eigenvalue weighted by Gasteiger charge is -2.35. The third kappa shape index (κ3) is 4.19. The zero-order chi connectivity index (χ0) is 20.2. The first-order chi connectivity index (χ1) is 14.1. The minimum Gasteiger partial charge on any atom is -0.489 e. The van der Waals surface area contributed by atoms with Crippen molar-refractivity contribution in [1.82, 2.24) is 10.1 Å². The Bertz CT molecular complexity index is 964. The van der Waals surface area contributed by atoms with Gasteiger partial charge in [-0.15, -0.1) is 0 Å². The van der Waals surface area contributed by atoms with Gasteiger partial charge in [0.15, 0.2) is 5.69 Å². The van der Waals surface area contributed by atoms with Gasteiger partial charge in [-0.05, 0) is 50.8 Å². The van der Waals surface area contributed by atoms with E-state index in [1.807, 2.05) is 61.2 Å². The Morgan fingerprint density at radius 1 is 1.10 bits per heavy atom. The normalized spacial score (nSPS) is 16.6. The second-order valence-corrected chi connectivity index (χ2v) is 7.59. The van der Waals surface area contributed by atoms with Gasteiger partial charge in [0.05, 0.1) is 11.6 Å². The lowest BCUT2D eigenvalue weighted by Crippen LogP contribution is -2.39. The largest absolute Gasteiger partial charge is 0.489 e. The van der Waals surface area contributed by atoms with Crippen LogP contribution in [0.5, 0.6) is 5.75 Å². The summed E-state index contributed by atoms with van der Waals surface area (Å²) in [6.07, 6.45) is 3.08. The van der Waals surface area contributed by atoms with Crippen molar-refractivity contribution in [3.63, 3.8) is 0 Å². The Balaban J connectivity index is 1.55. The van der Waals surface area contributed by atoms with E-state index >= 15 is 0 Å². The first-order valence-corrected chi connectivity index (χ1v) is 10.1. The van der Waals surface area contributed by atoms with Crippen LogP contribution < -0.4 is 4.74 Å². The lowest BCUT2D eigenvalue weighted by molar-refractivity contribution is 0.0598. The molecular formula is C24H26N2O3. The van der Waals surface area contributed by atoms with Gasteiger partial charge in [-0.1, -0.05) is 53.2 Å². The molecule has 0 aliphatic carbocycles. The van der Waals surface area contributed by atoms with Gasteiger partial charge in [-0.2, -0.15) is 0 Å². The van der Waals surface area contributed by atoms with Crippen LogP contribution in [0.4, 0.5) is 0 Å². The fourth-order valence-corrected chi connectivity index (χ4v) is 3.85. The Morgan fingerprint density at radius 2 is 1.86 bits per heavy atom. The van der Waals surface area contributed by atoms with Crippen LogP contribution in [-0.4, -0.2) is 22.5 Å². The molecule has 2 aromatic carbocycles. The van der Waals surface area contributed by atoms with Crippen molar-refractivity contribution in [3.05, 3.63) is 82.7 Å². The number of hydrogen-bond acceptors (Lipinski definition) is 4. The van der Waals surface area contributed by atoms with Crippen molar-refractivity contribution < 1.29 is 14.1 Å². The summed E-state index contributed by atoms with van der Waals surface area (Å²) in [4.78, 5) is 15.4. The van der Waals surface area contributed by atoms with E-state index in [-0.39, 0.29) is 18.6 Å². The van der Waals surface area contributed by atoms with Gasteiger partial charge in [0.1, 0.15) is 18.1 Å². The molecule has 1 aliphatic rings. The van der Waals surface area contributed by atoms with E-state index in [1.54, 1.807) is 0 Å². The first kappa shape index (κ1) is 19.2. The van der Waals surface area contributed by atoms with Crippen LogP contribution in [0.15, 0.2) is 59.1 Å². The summed E-state index contributed by atoms with van der Waals surface area (Å²) < 4.78 is 11.3. The molecule has 0 N–H and O–H groups in total. The van der Waals surface area contributed by atoms with Crippen molar-refractivity contribution in [2.75, 3.05) is 6.54 Å². The number of rotatable bonds is 5. The monoisotopic (exact) mass is 390 g/mol. The highest BCUT2D eigenvalue weighted by Gasteiger charge is 2.32. The van der Waals surface area contributed by atoms with Crippen molar-refractivity contribution in [2.24, 2.45) is 0 Å². The summed E-state index contributed by atoms with van der Waals surface area (Å²) in [7, 11) is 0. The predicted octanol–water partition coefficient (Wildman–Crippen LogP) is 5.24. The summed E-state index contributed by atoms with van der Waals surface area (Å²) in [5, 5.41) is 4.10. The maximum atomic E-state index is 13.4. The van der Waals surface area contributed by atoms with Gasteiger partial charge >= 0.3 is 0 Å². The smallest absolute Gasteiger partial charge is 0.276 e. The highest BCUT2D eigenvalue weighted by atomic mass is 16.5. The molecule has 2 heterocycles. The van der Waals surface area contributed by atoms with E-state index in [0.717, 1.165) is 31.6 Å². The Kier molecular flexibility index (Phi) is 5.65. The molecule has 0 radical (unpaired) electrons. The number of nitrogens with zero attached hydrogens (tertiary/aromatic N) is 2. The summed E-state index contributed by atoms with van der Waals surface area (Å²) in [6.45, 7) is 4.83. The van der Waals surface area contributed by atoms with E-state index in [4.69, 9.17) is 9.26 Å². The molecule has 0 saturated carbocycles. The van der Waals surface area contributed by atoms with Crippen LogP contribution in [0, 0.1) is 13.8 Å². The molecule has 150 valence electrons. The third-order valence-electron chi connectivity index (χ3n) is 5.54. The van der Waals surface area contributed by atoms with Crippen LogP contribution in [0.25, 0.3) is 0 Å². The number of carbonyl (C=O) groups excluding carboxylic acids is 1. The standard InChI is InChI=1S/C24H26N2O3/c1-17-11-13-20(14-12-17)28-16-21-18(2)29-25-23(21)24(27)26-15-7-6-10-22(26)19-8-4-3-5-9-19/h3-5,8-9,11-14,22H,6-7,10,15-16H2,1-2H3. The van der Waals surface area contributed by atoms with E-state index in [9.17, 15) is 4.79 Å². The second kappa shape index (κ2) is 8.52. The summed E-state index contributed by atoms with van der Waals surface area (Å²) in [5.41, 5.74) is 3.41. The predicted molar refractivity (Wildman–Crippen MR) is 111 cm³/mol. The van der Waals surface area contributed by atoms with Crippen molar-refractivity contribution in [3.8, 4) is 5.75 Å².